The maximum absolute atomic E-state index is 12.9. The molecule has 4 rings (SSSR count). The number of fused-ring (bicyclic) bond motifs is 1. The number of para-hydroxylation sites is 2. The van der Waals surface area contributed by atoms with E-state index in [9.17, 15) is 9.59 Å². The third-order valence-electron chi connectivity index (χ3n) is 4.85. The van der Waals surface area contributed by atoms with Crippen molar-refractivity contribution in [2.24, 2.45) is 0 Å². The first kappa shape index (κ1) is 17.2. The van der Waals surface area contributed by atoms with Gasteiger partial charge in [-0.05, 0) is 30.3 Å². The largest absolute Gasteiger partial charge is 0.495 e. The summed E-state index contributed by atoms with van der Waals surface area (Å²) in [6.07, 6.45) is 0. The third kappa shape index (κ3) is 3.40. The summed E-state index contributed by atoms with van der Waals surface area (Å²) in [7, 11) is 1.66. The summed E-state index contributed by atoms with van der Waals surface area (Å²) in [5, 5.41) is 2.74. The first-order valence-corrected chi connectivity index (χ1v) is 8.89. The lowest BCUT2D eigenvalue weighted by Crippen LogP contribution is -2.48. The molecule has 2 aromatic rings. The van der Waals surface area contributed by atoms with Gasteiger partial charge in [-0.3, -0.25) is 9.59 Å². The van der Waals surface area contributed by atoms with Crippen LogP contribution in [0.15, 0.2) is 42.5 Å². The van der Waals surface area contributed by atoms with Gasteiger partial charge in [-0.25, -0.2) is 0 Å². The molecular formula is C20H21N3O4. The molecule has 2 aromatic carbocycles. The van der Waals surface area contributed by atoms with Crippen molar-refractivity contribution in [3.63, 3.8) is 0 Å². The van der Waals surface area contributed by atoms with Gasteiger partial charge in [0, 0.05) is 31.7 Å². The van der Waals surface area contributed by atoms with E-state index in [1.165, 1.54) is 0 Å². The molecule has 1 saturated heterocycles. The van der Waals surface area contributed by atoms with Gasteiger partial charge in [-0.2, -0.15) is 0 Å². The van der Waals surface area contributed by atoms with Crippen LogP contribution in [0.25, 0.3) is 0 Å². The predicted molar refractivity (Wildman–Crippen MR) is 102 cm³/mol. The lowest BCUT2D eigenvalue weighted by molar-refractivity contribution is -0.118. The second-order valence-electron chi connectivity index (χ2n) is 6.50. The minimum atomic E-state index is -0.211. The SMILES string of the molecule is COc1ccccc1N1CCN(C(=O)c2ccc3c(c2)NC(=O)CO3)CC1. The highest BCUT2D eigenvalue weighted by Crippen LogP contribution is 2.30. The van der Waals surface area contributed by atoms with Crippen LogP contribution in [-0.2, 0) is 4.79 Å². The fourth-order valence-electron chi connectivity index (χ4n) is 3.44. The first-order valence-electron chi connectivity index (χ1n) is 8.89. The van der Waals surface area contributed by atoms with Crippen LogP contribution < -0.4 is 19.7 Å². The lowest BCUT2D eigenvalue weighted by atomic mass is 10.1. The number of rotatable bonds is 3. The molecule has 2 heterocycles. The van der Waals surface area contributed by atoms with E-state index in [4.69, 9.17) is 9.47 Å². The summed E-state index contributed by atoms with van der Waals surface area (Å²) in [6, 6.07) is 13.1. The van der Waals surface area contributed by atoms with Gasteiger partial charge in [0.2, 0.25) is 0 Å². The Kier molecular flexibility index (Phi) is 4.58. The highest BCUT2D eigenvalue weighted by molar-refractivity contribution is 6.00. The highest BCUT2D eigenvalue weighted by atomic mass is 16.5. The molecule has 7 heteroatoms. The lowest BCUT2D eigenvalue weighted by Gasteiger charge is -2.36. The van der Waals surface area contributed by atoms with E-state index < -0.39 is 0 Å². The summed E-state index contributed by atoms with van der Waals surface area (Å²) in [5.74, 6) is 1.17. The molecule has 140 valence electrons. The molecule has 0 aromatic heterocycles. The molecule has 27 heavy (non-hydrogen) atoms. The maximum atomic E-state index is 12.9. The average molecular weight is 367 g/mol. The summed E-state index contributed by atoms with van der Waals surface area (Å²) in [6.45, 7) is 2.71. The standard InChI is InChI=1S/C20H21N3O4/c1-26-18-5-3-2-4-16(18)22-8-10-23(11-9-22)20(25)14-6-7-17-15(12-14)21-19(24)13-27-17/h2-7,12H,8-11,13H2,1H3,(H,21,24). The summed E-state index contributed by atoms with van der Waals surface area (Å²) in [4.78, 5) is 28.4. The minimum Gasteiger partial charge on any atom is -0.495 e. The van der Waals surface area contributed by atoms with Gasteiger partial charge < -0.3 is 24.6 Å². The Morgan fingerprint density at radius 3 is 2.67 bits per heavy atom. The molecule has 0 radical (unpaired) electrons. The molecule has 0 aliphatic carbocycles. The minimum absolute atomic E-state index is 0.00516. The Morgan fingerprint density at radius 1 is 1.11 bits per heavy atom. The summed E-state index contributed by atoms with van der Waals surface area (Å²) in [5.41, 5.74) is 2.13. The number of carbonyl (C=O) groups is 2. The quantitative estimate of drug-likeness (QED) is 0.898. The normalized spacial score (nSPS) is 16.3. The van der Waals surface area contributed by atoms with Crippen molar-refractivity contribution in [2.45, 2.75) is 0 Å². The predicted octanol–water partition coefficient (Wildman–Crippen LogP) is 1.99. The van der Waals surface area contributed by atoms with Crippen LogP contribution in [0.5, 0.6) is 11.5 Å². The van der Waals surface area contributed by atoms with Crippen LogP contribution in [0.4, 0.5) is 11.4 Å². The Labute approximate surface area is 157 Å². The van der Waals surface area contributed by atoms with Crippen molar-refractivity contribution < 1.29 is 19.1 Å². The topological polar surface area (TPSA) is 71.1 Å². The van der Waals surface area contributed by atoms with E-state index >= 15 is 0 Å². The number of methoxy groups -OCH3 is 1. The van der Waals surface area contributed by atoms with Crippen LogP contribution in [0.1, 0.15) is 10.4 Å². The Balaban J connectivity index is 1.45. The van der Waals surface area contributed by atoms with E-state index in [0.29, 0.717) is 30.1 Å². The van der Waals surface area contributed by atoms with Crippen molar-refractivity contribution >= 4 is 23.2 Å². The molecule has 1 N–H and O–H groups in total. The van der Waals surface area contributed by atoms with Crippen molar-refractivity contribution in [3.05, 3.63) is 48.0 Å². The van der Waals surface area contributed by atoms with E-state index in [1.807, 2.05) is 29.2 Å². The van der Waals surface area contributed by atoms with Gasteiger partial charge in [0.05, 0.1) is 18.5 Å². The Bertz CT molecular complexity index is 875. The van der Waals surface area contributed by atoms with E-state index in [-0.39, 0.29) is 18.4 Å². The fraction of sp³-hybridized carbons (Fsp3) is 0.300. The molecule has 0 saturated carbocycles. The molecule has 0 atom stereocenters. The van der Waals surface area contributed by atoms with Crippen molar-refractivity contribution in [3.8, 4) is 11.5 Å². The zero-order valence-corrected chi connectivity index (χ0v) is 15.1. The zero-order chi connectivity index (χ0) is 18.8. The molecule has 2 aliphatic rings. The smallest absolute Gasteiger partial charge is 0.262 e. The van der Waals surface area contributed by atoms with Gasteiger partial charge in [0.1, 0.15) is 11.5 Å². The van der Waals surface area contributed by atoms with Crippen LogP contribution in [0, 0.1) is 0 Å². The number of piperazine rings is 1. The van der Waals surface area contributed by atoms with Gasteiger partial charge in [0.15, 0.2) is 6.61 Å². The second-order valence-corrected chi connectivity index (χ2v) is 6.50. The van der Waals surface area contributed by atoms with Crippen LogP contribution in [-0.4, -0.2) is 56.6 Å². The number of carbonyl (C=O) groups excluding carboxylic acids is 2. The third-order valence-corrected chi connectivity index (χ3v) is 4.85. The number of hydrogen-bond donors (Lipinski definition) is 1. The summed E-state index contributed by atoms with van der Waals surface area (Å²) >= 11 is 0. The monoisotopic (exact) mass is 367 g/mol. The van der Waals surface area contributed by atoms with Gasteiger partial charge in [-0.1, -0.05) is 12.1 Å². The Morgan fingerprint density at radius 2 is 1.89 bits per heavy atom. The molecule has 0 spiro atoms. The fourth-order valence-corrected chi connectivity index (χ4v) is 3.44. The number of ether oxygens (including phenoxy) is 2. The second kappa shape index (κ2) is 7.19. The van der Waals surface area contributed by atoms with Crippen LogP contribution >= 0.6 is 0 Å². The molecule has 0 bridgehead atoms. The molecule has 7 nitrogen and oxygen atoms in total. The van der Waals surface area contributed by atoms with Crippen molar-refractivity contribution in [1.29, 1.82) is 0 Å². The number of amides is 2. The Hall–Kier alpha value is -3.22. The molecule has 2 amide bonds. The first-order chi connectivity index (χ1) is 13.2. The average Bonchev–Trinajstić information content (AvgIpc) is 2.72. The number of hydrogen-bond acceptors (Lipinski definition) is 5. The number of nitrogens with one attached hydrogen (secondary N) is 1. The zero-order valence-electron chi connectivity index (χ0n) is 15.1. The van der Waals surface area contributed by atoms with Gasteiger partial charge >= 0.3 is 0 Å². The van der Waals surface area contributed by atoms with E-state index in [2.05, 4.69) is 10.2 Å². The number of benzene rings is 2. The summed E-state index contributed by atoms with van der Waals surface area (Å²) < 4.78 is 10.8. The van der Waals surface area contributed by atoms with Gasteiger partial charge in [-0.15, -0.1) is 0 Å². The molecule has 1 fully saturated rings. The van der Waals surface area contributed by atoms with Crippen LogP contribution in [0.3, 0.4) is 0 Å². The highest BCUT2D eigenvalue weighted by Gasteiger charge is 2.25. The van der Waals surface area contributed by atoms with E-state index in [0.717, 1.165) is 24.5 Å². The van der Waals surface area contributed by atoms with E-state index in [1.54, 1.807) is 25.3 Å². The maximum Gasteiger partial charge on any atom is 0.262 e. The molecule has 2 aliphatic heterocycles. The number of nitrogens with zero attached hydrogens (tertiary/aromatic N) is 2. The van der Waals surface area contributed by atoms with Crippen molar-refractivity contribution in [1.82, 2.24) is 4.90 Å². The number of anilines is 2. The molecule has 0 unspecified atom stereocenters. The van der Waals surface area contributed by atoms with Crippen molar-refractivity contribution in [2.75, 3.05) is 50.1 Å². The molecular weight excluding hydrogens is 346 g/mol. The van der Waals surface area contributed by atoms with Crippen LogP contribution in [0.2, 0.25) is 0 Å². The van der Waals surface area contributed by atoms with Gasteiger partial charge in [0.25, 0.3) is 11.8 Å².